The summed E-state index contributed by atoms with van der Waals surface area (Å²) in [7, 11) is 1.60. The van der Waals surface area contributed by atoms with E-state index in [4.69, 9.17) is 4.74 Å². The molecule has 0 unspecified atom stereocenters. The highest BCUT2D eigenvalue weighted by molar-refractivity contribution is 5.77. The number of nitrogens with zero attached hydrogens (tertiary/aromatic N) is 2. The molecular formula is C25H26N2O2. The fourth-order valence-electron chi connectivity index (χ4n) is 3.67. The molecule has 1 heterocycles. The number of nitriles is 1. The first kappa shape index (κ1) is 20.6. The molecule has 3 aromatic rings. The third kappa shape index (κ3) is 4.16. The molecular weight excluding hydrogens is 360 g/mol. The molecule has 0 fully saturated rings. The van der Waals surface area contributed by atoms with Crippen LogP contribution in [0.2, 0.25) is 0 Å². The maximum Gasteiger partial charge on any atom is 0.261 e. The first-order valence-corrected chi connectivity index (χ1v) is 9.94. The van der Waals surface area contributed by atoms with Gasteiger partial charge in [-0.1, -0.05) is 49.7 Å². The summed E-state index contributed by atoms with van der Waals surface area (Å²) in [6.07, 6.45) is 2.86. The Kier molecular flexibility index (Phi) is 6.64. The quantitative estimate of drug-likeness (QED) is 0.563. The van der Waals surface area contributed by atoms with Crippen LogP contribution < -0.4 is 5.56 Å². The fourth-order valence-corrected chi connectivity index (χ4v) is 3.67. The molecule has 148 valence electrons. The second kappa shape index (κ2) is 9.36. The molecule has 0 N–H and O–H groups in total. The van der Waals surface area contributed by atoms with Crippen molar-refractivity contribution in [3.05, 3.63) is 87.3 Å². The van der Waals surface area contributed by atoms with Crippen LogP contribution in [0, 0.1) is 18.3 Å². The topological polar surface area (TPSA) is 55.0 Å². The zero-order valence-electron chi connectivity index (χ0n) is 17.2. The summed E-state index contributed by atoms with van der Waals surface area (Å²) < 4.78 is 7.10. The lowest BCUT2D eigenvalue weighted by Crippen LogP contribution is -2.27. The highest BCUT2D eigenvalue weighted by Crippen LogP contribution is 2.30. The molecule has 0 radical (unpaired) electrons. The van der Waals surface area contributed by atoms with E-state index in [0.717, 1.165) is 47.3 Å². The van der Waals surface area contributed by atoms with Crippen molar-refractivity contribution >= 4 is 0 Å². The monoisotopic (exact) mass is 386 g/mol. The number of pyridine rings is 1. The van der Waals surface area contributed by atoms with Gasteiger partial charge in [0.2, 0.25) is 0 Å². The van der Waals surface area contributed by atoms with Crippen molar-refractivity contribution in [3.8, 4) is 22.9 Å². The molecule has 3 rings (SSSR count). The Labute approximate surface area is 172 Å². The van der Waals surface area contributed by atoms with Crippen LogP contribution in [0.15, 0.2) is 59.4 Å². The minimum Gasteiger partial charge on any atom is -0.380 e. The van der Waals surface area contributed by atoms with Gasteiger partial charge in [0.05, 0.1) is 23.9 Å². The van der Waals surface area contributed by atoms with E-state index in [9.17, 15) is 10.1 Å². The molecule has 0 saturated heterocycles. The SMILES string of the molecule is CCCCc1cc(C)c(COC)c(=O)n1-c1ccccc1-c1ccccc1C#N. The Morgan fingerprint density at radius 2 is 1.76 bits per heavy atom. The highest BCUT2D eigenvalue weighted by atomic mass is 16.5. The highest BCUT2D eigenvalue weighted by Gasteiger charge is 2.17. The third-order valence-electron chi connectivity index (χ3n) is 5.17. The molecule has 2 aromatic carbocycles. The van der Waals surface area contributed by atoms with Crippen LogP contribution in [0.25, 0.3) is 16.8 Å². The third-order valence-corrected chi connectivity index (χ3v) is 5.17. The number of methoxy groups -OCH3 is 1. The molecule has 0 amide bonds. The molecule has 0 aliphatic rings. The Bertz CT molecular complexity index is 1110. The van der Waals surface area contributed by atoms with Gasteiger partial charge in [0.15, 0.2) is 0 Å². The molecule has 4 nitrogen and oxygen atoms in total. The van der Waals surface area contributed by atoms with E-state index in [-0.39, 0.29) is 12.2 Å². The van der Waals surface area contributed by atoms with Gasteiger partial charge in [0, 0.05) is 29.5 Å². The number of rotatable bonds is 7. The lowest BCUT2D eigenvalue weighted by atomic mass is 9.97. The predicted molar refractivity (Wildman–Crippen MR) is 116 cm³/mol. The lowest BCUT2D eigenvalue weighted by molar-refractivity contribution is 0.183. The summed E-state index contributed by atoms with van der Waals surface area (Å²) in [6, 6.07) is 19.7. The van der Waals surface area contributed by atoms with Gasteiger partial charge in [0.1, 0.15) is 0 Å². The zero-order chi connectivity index (χ0) is 20.8. The summed E-state index contributed by atoms with van der Waals surface area (Å²) in [5, 5.41) is 9.58. The average Bonchev–Trinajstić information content (AvgIpc) is 2.75. The molecule has 4 heteroatoms. The van der Waals surface area contributed by atoms with Crippen molar-refractivity contribution in [2.75, 3.05) is 7.11 Å². The normalized spacial score (nSPS) is 10.7. The largest absolute Gasteiger partial charge is 0.380 e. The summed E-state index contributed by atoms with van der Waals surface area (Å²) >= 11 is 0. The number of aromatic nitrogens is 1. The standard InChI is InChI=1S/C25H26N2O2/c1-4-5-11-20-15-18(2)23(17-29-3)25(28)27(20)24-14-9-8-13-22(24)21-12-7-6-10-19(21)16-26/h6-10,12-15H,4-5,11,17H2,1-3H3. The van der Waals surface area contributed by atoms with Crippen molar-refractivity contribution in [2.24, 2.45) is 0 Å². The molecule has 0 bridgehead atoms. The van der Waals surface area contributed by atoms with Gasteiger partial charge in [-0.05, 0) is 43.5 Å². The average molecular weight is 386 g/mol. The number of ether oxygens (including phenoxy) is 1. The van der Waals surface area contributed by atoms with E-state index in [0.29, 0.717) is 11.1 Å². The van der Waals surface area contributed by atoms with Crippen LogP contribution in [0.3, 0.4) is 0 Å². The van der Waals surface area contributed by atoms with Crippen molar-refractivity contribution in [1.82, 2.24) is 4.57 Å². The lowest BCUT2D eigenvalue weighted by Gasteiger charge is -2.20. The summed E-state index contributed by atoms with van der Waals surface area (Å²) in [5.41, 5.74) is 5.63. The maximum absolute atomic E-state index is 13.5. The Hall–Kier alpha value is -3.16. The fraction of sp³-hybridized carbons (Fsp3) is 0.280. The second-order valence-corrected chi connectivity index (χ2v) is 7.15. The van der Waals surface area contributed by atoms with Crippen LogP contribution in [0.5, 0.6) is 0 Å². The van der Waals surface area contributed by atoms with Crippen LogP contribution in [0.1, 0.15) is 42.1 Å². The van der Waals surface area contributed by atoms with E-state index in [1.54, 1.807) is 17.7 Å². The summed E-state index contributed by atoms with van der Waals surface area (Å²) in [4.78, 5) is 13.5. The Morgan fingerprint density at radius 1 is 1.07 bits per heavy atom. The number of para-hydroxylation sites is 1. The first-order valence-electron chi connectivity index (χ1n) is 9.94. The van der Waals surface area contributed by atoms with E-state index in [2.05, 4.69) is 19.1 Å². The smallest absolute Gasteiger partial charge is 0.261 e. The van der Waals surface area contributed by atoms with Gasteiger partial charge in [-0.25, -0.2) is 0 Å². The van der Waals surface area contributed by atoms with Crippen LogP contribution in [-0.2, 0) is 17.8 Å². The molecule has 0 spiro atoms. The molecule has 0 aliphatic carbocycles. The van der Waals surface area contributed by atoms with E-state index >= 15 is 0 Å². The maximum atomic E-state index is 13.5. The van der Waals surface area contributed by atoms with Gasteiger partial charge in [-0.15, -0.1) is 0 Å². The van der Waals surface area contributed by atoms with Crippen molar-refractivity contribution in [2.45, 2.75) is 39.7 Å². The predicted octanol–water partition coefficient (Wildman–Crippen LogP) is 5.17. The van der Waals surface area contributed by atoms with E-state index in [1.807, 2.05) is 49.4 Å². The van der Waals surface area contributed by atoms with Crippen LogP contribution in [0.4, 0.5) is 0 Å². The minimum atomic E-state index is -0.0557. The number of aryl methyl sites for hydroxylation is 2. The van der Waals surface area contributed by atoms with Gasteiger partial charge in [-0.3, -0.25) is 9.36 Å². The van der Waals surface area contributed by atoms with Gasteiger partial charge in [0.25, 0.3) is 5.56 Å². The molecule has 0 atom stereocenters. The molecule has 1 aromatic heterocycles. The number of unbranched alkanes of at least 4 members (excludes halogenated alkanes) is 1. The van der Waals surface area contributed by atoms with E-state index in [1.165, 1.54) is 0 Å². The van der Waals surface area contributed by atoms with Crippen LogP contribution in [-0.4, -0.2) is 11.7 Å². The number of hydrogen-bond donors (Lipinski definition) is 0. The Balaban J connectivity index is 2.33. The number of benzene rings is 2. The van der Waals surface area contributed by atoms with Crippen molar-refractivity contribution in [1.29, 1.82) is 5.26 Å². The summed E-state index contributed by atoms with van der Waals surface area (Å²) in [5.74, 6) is 0. The number of hydrogen-bond acceptors (Lipinski definition) is 3. The summed E-state index contributed by atoms with van der Waals surface area (Å²) in [6.45, 7) is 4.38. The van der Waals surface area contributed by atoms with Gasteiger partial charge < -0.3 is 4.74 Å². The van der Waals surface area contributed by atoms with E-state index < -0.39 is 0 Å². The second-order valence-electron chi connectivity index (χ2n) is 7.15. The Morgan fingerprint density at radius 3 is 2.45 bits per heavy atom. The first-order chi connectivity index (χ1) is 14.1. The van der Waals surface area contributed by atoms with Crippen molar-refractivity contribution in [3.63, 3.8) is 0 Å². The molecule has 0 saturated carbocycles. The van der Waals surface area contributed by atoms with Crippen molar-refractivity contribution < 1.29 is 4.74 Å². The minimum absolute atomic E-state index is 0.0557. The van der Waals surface area contributed by atoms with Gasteiger partial charge in [-0.2, -0.15) is 5.26 Å². The molecule has 29 heavy (non-hydrogen) atoms. The van der Waals surface area contributed by atoms with Gasteiger partial charge >= 0.3 is 0 Å². The van der Waals surface area contributed by atoms with Crippen LogP contribution >= 0.6 is 0 Å². The molecule has 0 aliphatic heterocycles. The zero-order valence-corrected chi connectivity index (χ0v) is 17.2.